The number of nitrogens with zero attached hydrogens (tertiary/aromatic N) is 6. The summed E-state index contributed by atoms with van der Waals surface area (Å²) >= 11 is 0. The van der Waals surface area contributed by atoms with Gasteiger partial charge in [-0.3, -0.25) is 9.89 Å². The van der Waals surface area contributed by atoms with Crippen LogP contribution in [-0.4, -0.2) is 78.1 Å². The molecule has 0 unspecified atom stereocenters. The number of para-hydroxylation sites is 1. The summed E-state index contributed by atoms with van der Waals surface area (Å²) in [5.74, 6) is 2.00. The fraction of sp³-hybridized carbons (Fsp3) is 0.591. The lowest BCUT2D eigenvalue weighted by atomic mass is 10.2. The highest BCUT2D eigenvalue weighted by Gasteiger charge is 2.22. The zero-order valence-corrected chi connectivity index (χ0v) is 20.7. The highest BCUT2D eigenvalue weighted by atomic mass is 127. The predicted molar refractivity (Wildman–Crippen MR) is 134 cm³/mol. The Kier molecular flexibility index (Phi) is 9.54. The summed E-state index contributed by atoms with van der Waals surface area (Å²) in [6, 6.07) is 8.64. The molecule has 1 N–H and O–H groups in total. The number of hydrogen-bond acceptors (Lipinski definition) is 5. The van der Waals surface area contributed by atoms with Gasteiger partial charge in [0.1, 0.15) is 12.2 Å². The van der Waals surface area contributed by atoms with Crippen LogP contribution in [0.25, 0.3) is 0 Å². The van der Waals surface area contributed by atoms with Crippen LogP contribution < -0.4 is 10.2 Å². The Balaban J connectivity index is 0.00000272. The average Bonchev–Trinajstić information content (AvgIpc) is 3.43. The van der Waals surface area contributed by atoms with E-state index in [2.05, 4.69) is 61.1 Å². The van der Waals surface area contributed by atoms with E-state index in [-0.39, 0.29) is 24.0 Å². The molecule has 3 heterocycles. The lowest BCUT2D eigenvalue weighted by molar-refractivity contribution is 0.0377. The molecule has 0 radical (unpaired) electrons. The van der Waals surface area contributed by atoms with Crippen molar-refractivity contribution >= 4 is 35.6 Å². The van der Waals surface area contributed by atoms with Crippen molar-refractivity contribution in [1.29, 1.82) is 0 Å². The Morgan fingerprint density at radius 3 is 2.84 bits per heavy atom. The molecule has 1 saturated heterocycles. The molecule has 1 fully saturated rings. The predicted octanol–water partition coefficient (Wildman–Crippen LogP) is 2.19. The van der Waals surface area contributed by atoms with Crippen LogP contribution in [0, 0.1) is 0 Å². The third kappa shape index (κ3) is 6.39. The summed E-state index contributed by atoms with van der Waals surface area (Å²) in [5, 5.41) is 11.8. The first-order valence-corrected chi connectivity index (χ1v) is 11.2. The van der Waals surface area contributed by atoms with Gasteiger partial charge in [0.2, 0.25) is 0 Å². The molecule has 2 aromatic rings. The Bertz CT molecular complexity index is 835. The van der Waals surface area contributed by atoms with E-state index in [4.69, 9.17) is 9.73 Å². The zero-order valence-electron chi connectivity index (χ0n) is 18.4. The molecular weight excluding hydrogens is 505 g/mol. The Labute approximate surface area is 202 Å². The van der Waals surface area contributed by atoms with Crippen LogP contribution in [0.1, 0.15) is 24.7 Å². The summed E-state index contributed by atoms with van der Waals surface area (Å²) in [5.41, 5.74) is 2.67. The van der Waals surface area contributed by atoms with Gasteiger partial charge in [-0.25, -0.2) is 0 Å². The van der Waals surface area contributed by atoms with Gasteiger partial charge < -0.3 is 19.5 Å². The van der Waals surface area contributed by atoms with E-state index in [1.54, 1.807) is 0 Å². The molecule has 1 aromatic carbocycles. The average molecular weight is 539 g/mol. The summed E-state index contributed by atoms with van der Waals surface area (Å²) < 4.78 is 7.55. The fourth-order valence-electron chi connectivity index (χ4n) is 4.13. The second-order valence-corrected chi connectivity index (χ2v) is 7.76. The number of aliphatic imine (C=N–C) groups is 1. The molecule has 8 nitrogen and oxygen atoms in total. The number of aryl methyl sites for hydroxylation is 1. The second-order valence-electron chi connectivity index (χ2n) is 7.76. The Morgan fingerprint density at radius 1 is 1.16 bits per heavy atom. The number of fused-ring (bicyclic) bond motifs is 1. The number of ether oxygens (including phenoxy) is 1. The molecule has 31 heavy (non-hydrogen) atoms. The standard InChI is InChI=1S/C22H33N7O.HI/c1-2-21-26-25-18-28(21)13-10-24-22(23-9-5-11-27-14-16-30-17-15-27)29-12-8-19-6-3-4-7-20(19)29;/h3-4,6-7,18H,2,5,8-17H2,1H3,(H,23,24);1H. The van der Waals surface area contributed by atoms with Crippen LogP contribution >= 0.6 is 24.0 Å². The first-order chi connectivity index (χ1) is 14.8. The third-order valence-corrected chi connectivity index (χ3v) is 5.79. The number of aromatic nitrogens is 3. The lowest BCUT2D eigenvalue weighted by Crippen LogP contribution is -2.42. The molecule has 1 aromatic heterocycles. The SMILES string of the molecule is CCc1nncn1CCNC(=NCCCN1CCOCC1)N1CCc2ccccc21.I. The number of anilines is 1. The van der Waals surface area contributed by atoms with Gasteiger partial charge >= 0.3 is 0 Å². The fourth-order valence-corrected chi connectivity index (χ4v) is 4.13. The van der Waals surface area contributed by atoms with Crippen molar-refractivity contribution in [2.24, 2.45) is 4.99 Å². The number of halogens is 1. The zero-order chi connectivity index (χ0) is 20.6. The van der Waals surface area contributed by atoms with Gasteiger partial charge in [-0.05, 0) is 24.5 Å². The van der Waals surface area contributed by atoms with Crippen molar-refractivity contribution < 1.29 is 4.74 Å². The van der Waals surface area contributed by atoms with E-state index in [1.807, 2.05) is 6.33 Å². The van der Waals surface area contributed by atoms with Crippen LogP contribution in [-0.2, 0) is 24.1 Å². The highest BCUT2D eigenvalue weighted by molar-refractivity contribution is 14.0. The molecule has 4 rings (SSSR count). The quantitative estimate of drug-likeness (QED) is 0.240. The van der Waals surface area contributed by atoms with E-state index >= 15 is 0 Å². The van der Waals surface area contributed by atoms with Crippen molar-refractivity contribution in [3.8, 4) is 0 Å². The number of morpholine rings is 1. The van der Waals surface area contributed by atoms with Gasteiger partial charge in [0.05, 0.1) is 13.2 Å². The minimum atomic E-state index is 0. The summed E-state index contributed by atoms with van der Waals surface area (Å²) in [7, 11) is 0. The molecule has 0 bridgehead atoms. The summed E-state index contributed by atoms with van der Waals surface area (Å²) in [4.78, 5) is 9.78. The lowest BCUT2D eigenvalue weighted by Gasteiger charge is -2.26. The van der Waals surface area contributed by atoms with Gasteiger partial charge in [0.25, 0.3) is 0 Å². The molecule has 0 saturated carbocycles. The number of hydrogen-bond donors (Lipinski definition) is 1. The van der Waals surface area contributed by atoms with Gasteiger partial charge in [-0.15, -0.1) is 34.2 Å². The maximum Gasteiger partial charge on any atom is 0.198 e. The van der Waals surface area contributed by atoms with Crippen molar-refractivity contribution in [3.05, 3.63) is 42.0 Å². The monoisotopic (exact) mass is 539 g/mol. The van der Waals surface area contributed by atoms with E-state index in [1.165, 1.54) is 11.3 Å². The van der Waals surface area contributed by atoms with Crippen LogP contribution in [0.3, 0.4) is 0 Å². The van der Waals surface area contributed by atoms with Crippen LogP contribution in [0.15, 0.2) is 35.6 Å². The van der Waals surface area contributed by atoms with Crippen LogP contribution in [0.4, 0.5) is 5.69 Å². The van der Waals surface area contributed by atoms with Gasteiger partial charge in [-0.2, -0.15) is 0 Å². The van der Waals surface area contributed by atoms with E-state index in [0.717, 1.165) is 90.1 Å². The smallest absolute Gasteiger partial charge is 0.198 e. The van der Waals surface area contributed by atoms with Crippen LogP contribution in [0.2, 0.25) is 0 Å². The molecule has 0 spiro atoms. The molecular formula is C22H34IN7O. The van der Waals surface area contributed by atoms with E-state index in [9.17, 15) is 0 Å². The number of guanidine groups is 1. The van der Waals surface area contributed by atoms with Crippen molar-refractivity contribution in [2.75, 3.05) is 57.4 Å². The molecule has 2 aliphatic rings. The van der Waals surface area contributed by atoms with Crippen LogP contribution in [0.5, 0.6) is 0 Å². The highest BCUT2D eigenvalue weighted by Crippen LogP contribution is 2.27. The van der Waals surface area contributed by atoms with Crippen molar-refractivity contribution in [1.82, 2.24) is 25.0 Å². The van der Waals surface area contributed by atoms with E-state index < -0.39 is 0 Å². The first kappa shape index (κ1) is 23.9. The van der Waals surface area contributed by atoms with Gasteiger partial charge in [0, 0.05) is 57.9 Å². The minimum Gasteiger partial charge on any atom is -0.379 e. The number of benzene rings is 1. The molecule has 2 aliphatic heterocycles. The molecule has 170 valence electrons. The van der Waals surface area contributed by atoms with E-state index in [0.29, 0.717) is 0 Å². The van der Waals surface area contributed by atoms with Gasteiger partial charge in [-0.1, -0.05) is 25.1 Å². The Hall–Kier alpha value is -1.72. The maximum absolute atomic E-state index is 5.44. The molecule has 0 aliphatic carbocycles. The number of nitrogens with one attached hydrogen (secondary N) is 1. The Morgan fingerprint density at radius 2 is 2.00 bits per heavy atom. The largest absolute Gasteiger partial charge is 0.379 e. The minimum absolute atomic E-state index is 0. The van der Waals surface area contributed by atoms with Crippen molar-refractivity contribution in [2.45, 2.75) is 32.7 Å². The maximum atomic E-state index is 5.44. The molecule has 9 heteroatoms. The summed E-state index contributed by atoms with van der Waals surface area (Å²) in [6.07, 6.45) is 4.83. The van der Waals surface area contributed by atoms with Gasteiger partial charge in [0.15, 0.2) is 5.96 Å². The number of rotatable bonds is 8. The second kappa shape index (κ2) is 12.4. The van der Waals surface area contributed by atoms with Crippen molar-refractivity contribution in [3.63, 3.8) is 0 Å². The first-order valence-electron chi connectivity index (χ1n) is 11.2. The normalized spacial score (nSPS) is 16.8. The third-order valence-electron chi connectivity index (χ3n) is 5.79. The molecule has 0 amide bonds. The summed E-state index contributed by atoms with van der Waals surface area (Å²) in [6.45, 7) is 10.4. The molecule has 0 atom stereocenters. The topological polar surface area (TPSA) is 70.8 Å².